The maximum atomic E-state index is 6.11. The van der Waals surface area contributed by atoms with Gasteiger partial charge in [0.15, 0.2) is 5.65 Å². The molecule has 6 heteroatoms. The van der Waals surface area contributed by atoms with Crippen LogP contribution in [0, 0.1) is 5.92 Å². The lowest BCUT2D eigenvalue weighted by Crippen LogP contribution is -2.08. The zero-order valence-electron chi connectivity index (χ0n) is 15.2. The van der Waals surface area contributed by atoms with Gasteiger partial charge in [-0.2, -0.15) is 5.10 Å². The molecular weight excluding hydrogens is 324 g/mol. The van der Waals surface area contributed by atoms with Gasteiger partial charge in [0.2, 0.25) is 5.95 Å². The Morgan fingerprint density at radius 1 is 1.04 bits per heavy atom. The lowest BCUT2D eigenvalue weighted by Gasteiger charge is -2.09. The minimum absolute atomic E-state index is 0.457. The highest BCUT2D eigenvalue weighted by Crippen LogP contribution is 2.31. The van der Waals surface area contributed by atoms with Gasteiger partial charge in [0.1, 0.15) is 11.2 Å². The Bertz CT molecular complexity index is 1060. The average Bonchev–Trinajstić information content (AvgIpc) is 3.15. The number of pyridine rings is 1. The van der Waals surface area contributed by atoms with Crippen molar-refractivity contribution in [1.82, 2.24) is 24.3 Å². The summed E-state index contributed by atoms with van der Waals surface area (Å²) in [5, 5.41) is 4.64. The summed E-state index contributed by atoms with van der Waals surface area (Å²) in [6.45, 7) is 5.10. The summed E-state index contributed by atoms with van der Waals surface area (Å²) in [7, 11) is 1.93. The van der Waals surface area contributed by atoms with Gasteiger partial charge in [0.25, 0.3) is 0 Å². The largest absolute Gasteiger partial charge is 0.369 e. The normalized spacial score (nSPS) is 11.5. The molecule has 0 aliphatic rings. The Balaban J connectivity index is 1.88. The number of hydrogen-bond donors (Lipinski definition) is 1. The number of imidazole rings is 1. The molecule has 0 amide bonds. The van der Waals surface area contributed by atoms with Crippen LogP contribution in [0.3, 0.4) is 0 Å². The van der Waals surface area contributed by atoms with Crippen LogP contribution in [0.15, 0.2) is 48.7 Å². The molecule has 4 rings (SSSR count). The van der Waals surface area contributed by atoms with Crippen molar-refractivity contribution in [3.8, 4) is 22.5 Å². The van der Waals surface area contributed by atoms with Gasteiger partial charge >= 0.3 is 0 Å². The predicted molar refractivity (Wildman–Crippen MR) is 104 cm³/mol. The molecule has 0 radical (unpaired) electrons. The molecule has 0 saturated heterocycles. The number of benzene rings is 1. The monoisotopic (exact) mass is 346 g/mol. The first kappa shape index (κ1) is 16.3. The van der Waals surface area contributed by atoms with Crippen molar-refractivity contribution < 1.29 is 0 Å². The minimum atomic E-state index is 0.457. The Morgan fingerprint density at radius 3 is 2.54 bits per heavy atom. The molecule has 0 atom stereocenters. The number of nitrogen functional groups attached to an aromatic ring is 1. The van der Waals surface area contributed by atoms with Gasteiger partial charge in [0, 0.05) is 30.9 Å². The van der Waals surface area contributed by atoms with Crippen molar-refractivity contribution in [2.24, 2.45) is 13.0 Å². The summed E-state index contributed by atoms with van der Waals surface area (Å²) in [4.78, 5) is 9.33. The maximum Gasteiger partial charge on any atom is 0.202 e. The van der Waals surface area contributed by atoms with Crippen LogP contribution >= 0.6 is 0 Å². The third kappa shape index (κ3) is 2.83. The molecule has 0 spiro atoms. The third-order valence-corrected chi connectivity index (χ3v) is 4.32. The van der Waals surface area contributed by atoms with Gasteiger partial charge in [-0.3, -0.25) is 9.25 Å². The minimum Gasteiger partial charge on any atom is -0.369 e. The van der Waals surface area contributed by atoms with Crippen LogP contribution in [-0.4, -0.2) is 24.3 Å². The van der Waals surface area contributed by atoms with Crippen LogP contribution in [0.25, 0.3) is 33.7 Å². The fourth-order valence-electron chi connectivity index (χ4n) is 3.20. The Labute approximate surface area is 152 Å². The summed E-state index contributed by atoms with van der Waals surface area (Å²) in [5.74, 6) is 0.964. The highest BCUT2D eigenvalue weighted by atomic mass is 15.3. The van der Waals surface area contributed by atoms with Crippen LogP contribution in [0.4, 0.5) is 5.95 Å². The van der Waals surface area contributed by atoms with Crippen LogP contribution in [0.5, 0.6) is 0 Å². The van der Waals surface area contributed by atoms with E-state index in [-0.39, 0.29) is 0 Å². The van der Waals surface area contributed by atoms with E-state index in [2.05, 4.69) is 36.1 Å². The van der Waals surface area contributed by atoms with Gasteiger partial charge in [0.05, 0.1) is 5.69 Å². The molecule has 0 aliphatic heterocycles. The van der Waals surface area contributed by atoms with E-state index in [0.717, 1.165) is 40.2 Å². The number of nitrogens with zero attached hydrogens (tertiary/aromatic N) is 5. The summed E-state index contributed by atoms with van der Waals surface area (Å²) in [6.07, 6.45) is 2.00. The number of aromatic nitrogens is 5. The average molecular weight is 346 g/mol. The van der Waals surface area contributed by atoms with Gasteiger partial charge in [-0.15, -0.1) is 0 Å². The van der Waals surface area contributed by atoms with Gasteiger partial charge in [-0.1, -0.05) is 44.2 Å². The third-order valence-electron chi connectivity index (χ3n) is 4.32. The van der Waals surface area contributed by atoms with Crippen LogP contribution < -0.4 is 5.73 Å². The van der Waals surface area contributed by atoms with E-state index in [9.17, 15) is 0 Å². The van der Waals surface area contributed by atoms with E-state index >= 15 is 0 Å². The smallest absolute Gasteiger partial charge is 0.202 e. The summed E-state index contributed by atoms with van der Waals surface area (Å²) >= 11 is 0. The molecule has 1 aromatic carbocycles. The van der Waals surface area contributed by atoms with Crippen LogP contribution in [-0.2, 0) is 13.6 Å². The summed E-state index contributed by atoms with van der Waals surface area (Å²) in [6, 6.07) is 14.1. The number of rotatable bonds is 4. The molecule has 3 aromatic heterocycles. The molecule has 0 bridgehead atoms. The first-order chi connectivity index (χ1) is 12.5. The van der Waals surface area contributed by atoms with E-state index < -0.39 is 0 Å². The topological polar surface area (TPSA) is 74.6 Å². The molecule has 3 heterocycles. The van der Waals surface area contributed by atoms with E-state index in [0.29, 0.717) is 11.9 Å². The Hall–Kier alpha value is -3.15. The Kier molecular flexibility index (Phi) is 3.95. The second kappa shape index (κ2) is 6.29. The molecule has 0 aliphatic carbocycles. The van der Waals surface area contributed by atoms with Gasteiger partial charge in [-0.25, -0.2) is 9.97 Å². The predicted octanol–water partition coefficient (Wildman–Crippen LogP) is 3.74. The lowest BCUT2D eigenvalue weighted by atomic mass is 10.1. The summed E-state index contributed by atoms with van der Waals surface area (Å²) < 4.78 is 3.81. The van der Waals surface area contributed by atoms with Crippen molar-refractivity contribution in [2.75, 3.05) is 5.73 Å². The zero-order valence-corrected chi connectivity index (χ0v) is 15.2. The molecule has 4 aromatic rings. The fraction of sp³-hybridized carbons (Fsp3) is 0.250. The summed E-state index contributed by atoms with van der Waals surface area (Å²) in [5.41, 5.74) is 11.6. The fourth-order valence-corrected chi connectivity index (χ4v) is 3.20. The van der Waals surface area contributed by atoms with Crippen molar-refractivity contribution in [1.29, 1.82) is 0 Å². The maximum absolute atomic E-state index is 6.11. The SMILES string of the molecule is CC(C)Cn1c(N)nc2ccc(-c3cn(C)nc3-c3ccccc3)nc21. The van der Waals surface area contributed by atoms with Gasteiger partial charge in [-0.05, 0) is 18.1 Å². The zero-order chi connectivity index (χ0) is 18.3. The van der Waals surface area contributed by atoms with E-state index in [1.54, 1.807) is 0 Å². The van der Waals surface area contributed by atoms with Crippen molar-refractivity contribution >= 4 is 17.1 Å². The van der Waals surface area contributed by atoms with Crippen molar-refractivity contribution in [3.63, 3.8) is 0 Å². The molecule has 2 N–H and O–H groups in total. The first-order valence-electron chi connectivity index (χ1n) is 8.75. The van der Waals surface area contributed by atoms with Crippen molar-refractivity contribution in [3.05, 3.63) is 48.7 Å². The molecule has 0 saturated carbocycles. The molecule has 0 fully saturated rings. The van der Waals surface area contributed by atoms with E-state index in [1.807, 2.05) is 52.8 Å². The number of aryl methyl sites for hydroxylation is 1. The number of fused-ring (bicyclic) bond motifs is 1. The van der Waals surface area contributed by atoms with Crippen LogP contribution in [0.1, 0.15) is 13.8 Å². The first-order valence-corrected chi connectivity index (χ1v) is 8.75. The van der Waals surface area contributed by atoms with Crippen LogP contribution in [0.2, 0.25) is 0 Å². The number of anilines is 1. The van der Waals surface area contributed by atoms with E-state index in [4.69, 9.17) is 10.7 Å². The highest BCUT2D eigenvalue weighted by molar-refractivity contribution is 5.83. The molecule has 6 nitrogen and oxygen atoms in total. The van der Waals surface area contributed by atoms with E-state index in [1.165, 1.54) is 0 Å². The lowest BCUT2D eigenvalue weighted by molar-refractivity contribution is 0.535. The quantitative estimate of drug-likeness (QED) is 0.611. The molecular formula is C20H22N6. The second-order valence-corrected chi connectivity index (χ2v) is 6.94. The molecule has 0 unspecified atom stereocenters. The Morgan fingerprint density at radius 2 is 1.81 bits per heavy atom. The highest BCUT2D eigenvalue weighted by Gasteiger charge is 2.16. The standard InChI is InChI=1S/C20H22N6/c1-13(2)11-26-19-17(23-20(26)21)10-9-16(22-19)15-12-25(3)24-18(15)14-7-5-4-6-8-14/h4-10,12-13H,11H2,1-3H3,(H2,21,23). The number of hydrogen-bond acceptors (Lipinski definition) is 4. The van der Waals surface area contributed by atoms with Gasteiger partial charge < -0.3 is 5.73 Å². The molecule has 26 heavy (non-hydrogen) atoms. The van der Waals surface area contributed by atoms with Crippen molar-refractivity contribution in [2.45, 2.75) is 20.4 Å². The second-order valence-electron chi connectivity index (χ2n) is 6.94. The number of nitrogens with two attached hydrogens (primary N) is 1. The molecule has 132 valence electrons.